The van der Waals surface area contributed by atoms with Crippen LogP contribution in [0, 0.1) is 11.6 Å². The van der Waals surface area contributed by atoms with Gasteiger partial charge in [0.15, 0.2) is 0 Å². The van der Waals surface area contributed by atoms with E-state index in [-0.39, 0.29) is 11.4 Å². The predicted octanol–water partition coefficient (Wildman–Crippen LogP) is 4.53. The number of rotatable bonds is 1. The number of aromatic nitrogens is 2. The lowest BCUT2D eigenvalue weighted by atomic mass is 10.1. The maximum absolute atomic E-state index is 13.5. The van der Waals surface area contributed by atoms with Crippen LogP contribution < -0.4 is 0 Å². The first-order valence-corrected chi connectivity index (χ1v) is 5.87. The summed E-state index contributed by atoms with van der Waals surface area (Å²) in [5.41, 5.74) is -0.821. The number of aromatic amines is 1. The van der Waals surface area contributed by atoms with Crippen LogP contribution in [0.1, 0.15) is 5.56 Å². The molecule has 0 amide bonds. The van der Waals surface area contributed by atoms with E-state index in [0.717, 1.165) is 0 Å². The van der Waals surface area contributed by atoms with Gasteiger partial charge in [0.2, 0.25) is 0 Å². The maximum Gasteiger partial charge on any atom is 0.422 e. The fourth-order valence-corrected chi connectivity index (χ4v) is 2.07. The molecule has 2 aromatic carbocycles. The van der Waals surface area contributed by atoms with Crippen molar-refractivity contribution < 1.29 is 22.0 Å². The van der Waals surface area contributed by atoms with Gasteiger partial charge in [-0.15, -0.1) is 0 Å². The summed E-state index contributed by atoms with van der Waals surface area (Å²) in [5, 5.41) is 0. The van der Waals surface area contributed by atoms with Crippen molar-refractivity contribution >= 4 is 11.0 Å². The number of benzene rings is 2. The minimum absolute atomic E-state index is 0.0887. The van der Waals surface area contributed by atoms with Gasteiger partial charge in [-0.3, -0.25) is 0 Å². The molecule has 2 nitrogen and oxygen atoms in total. The van der Waals surface area contributed by atoms with Gasteiger partial charge in [0.05, 0.1) is 11.0 Å². The molecule has 0 atom stereocenters. The van der Waals surface area contributed by atoms with E-state index in [9.17, 15) is 22.0 Å². The average Bonchev–Trinajstić information content (AvgIpc) is 2.79. The first-order chi connectivity index (χ1) is 9.86. The van der Waals surface area contributed by atoms with Crippen molar-refractivity contribution in [3.63, 3.8) is 0 Å². The number of nitrogens with one attached hydrogen (secondary N) is 1. The molecule has 1 aromatic heterocycles. The van der Waals surface area contributed by atoms with E-state index >= 15 is 0 Å². The highest BCUT2D eigenvalue weighted by atomic mass is 19.4. The molecule has 0 saturated heterocycles. The second-order valence-electron chi connectivity index (χ2n) is 4.42. The average molecular weight is 298 g/mol. The number of nitrogens with zero attached hydrogens (tertiary/aromatic N) is 1. The largest absolute Gasteiger partial charge is 0.422 e. The van der Waals surface area contributed by atoms with Crippen LogP contribution in [0.5, 0.6) is 0 Å². The Morgan fingerprint density at radius 1 is 0.952 bits per heavy atom. The Balaban J connectivity index is 2.15. The third kappa shape index (κ3) is 2.35. The molecular formula is C14H7F5N2. The van der Waals surface area contributed by atoms with E-state index in [2.05, 4.69) is 9.97 Å². The zero-order chi connectivity index (χ0) is 15.2. The molecule has 3 rings (SSSR count). The third-order valence-electron chi connectivity index (χ3n) is 2.99. The third-order valence-corrected chi connectivity index (χ3v) is 2.99. The lowest BCUT2D eigenvalue weighted by Gasteiger charge is -2.10. The van der Waals surface area contributed by atoms with E-state index < -0.39 is 23.4 Å². The topological polar surface area (TPSA) is 28.7 Å². The van der Waals surface area contributed by atoms with Gasteiger partial charge in [0.1, 0.15) is 23.0 Å². The first kappa shape index (κ1) is 13.5. The molecule has 1 heterocycles. The van der Waals surface area contributed by atoms with Crippen LogP contribution in [0.25, 0.3) is 22.4 Å². The number of alkyl halides is 3. The Morgan fingerprint density at radius 3 is 2.14 bits per heavy atom. The summed E-state index contributed by atoms with van der Waals surface area (Å²) in [6, 6.07) is 8.06. The van der Waals surface area contributed by atoms with Crippen molar-refractivity contribution in [3.8, 4) is 11.4 Å². The highest BCUT2D eigenvalue weighted by Gasteiger charge is 2.38. The van der Waals surface area contributed by atoms with E-state index in [4.69, 9.17) is 0 Å². The summed E-state index contributed by atoms with van der Waals surface area (Å²) in [5.74, 6) is -3.24. The van der Waals surface area contributed by atoms with Crippen molar-refractivity contribution in [2.45, 2.75) is 6.18 Å². The molecule has 1 N–H and O–H groups in total. The number of H-pyrrole nitrogens is 1. The lowest BCUT2D eigenvalue weighted by Crippen LogP contribution is -2.11. The molecule has 21 heavy (non-hydrogen) atoms. The van der Waals surface area contributed by atoms with E-state index in [0.29, 0.717) is 23.2 Å². The van der Waals surface area contributed by atoms with E-state index in [1.807, 2.05) is 0 Å². The number of hydrogen-bond donors (Lipinski definition) is 1. The number of hydrogen-bond acceptors (Lipinski definition) is 1. The second-order valence-corrected chi connectivity index (χ2v) is 4.42. The molecule has 0 aliphatic carbocycles. The summed E-state index contributed by atoms with van der Waals surface area (Å²) in [4.78, 5) is 6.89. The van der Waals surface area contributed by atoms with Crippen LogP contribution >= 0.6 is 0 Å². The van der Waals surface area contributed by atoms with E-state index in [1.54, 1.807) is 24.3 Å². The molecule has 0 unspecified atom stereocenters. The number of imidazole rings is 1. The normalized spacial score (nSPS) is 12.0. The monoisotopic (exact) mass is 298 g/mol. The highest BCUT2D eigenvalue weighted by Crippen LogP contribution is 2.35. The standard InChI is InChI=1S/C14H7F5N2/c15-8-5-7(6-9(16)12(8)14(17,18)19)13-20-10-3-1-2-4-11(10)21-13/h1-6H,(H,20,21). The summed E-state index contributed by atoms with van der Waals surface area (Å²) < 4.78 is 64.6. The van der Waals surface area contributed by atoms with Crippen molar-refractivity contribution in [3.05, 3.63) is 53.6 Å². The van der Waals surface area contributed by atoms with Crippen molar-refractivity contribution in [2.24, 2.45) is 0 Å². The SMILES string of the molecule is Fc1cc(-c2nc3ccccc3[nH]2)cc(F)c1C(F)(F)F. The second kappa shape index (κ2) is 4.54. The van der Waals surface area contributed by atoms with Gasteiger partial charge in [0, 0.05) is 5.56 Å². The van der Waals surface area contributed by atoms with Gasteiger partial charge in [-0.1, -0.05) is 12.1 Å². The highest BCUT2D eigenvalue weighted by molar-refractivity contribution is 5.79. The molecule has 0 saturated carbocycles. The zero-order valence-corrected chi connectivity index (χ0v) is 10.3. The van der Waals surface area contributed by atoms with Crippen LogP contribution in [-0.2, 0) is 6.18 Å². The minimum Gasteiger partial charge on any atom is -0.338 e. The van der Waals surface area contributed by atoms with E-state index in [1.165, 1.54) is 0 Å². The lowest BCUT2D eigenvalue weighted by molar-refractivity contribution is -0.142. The molecule has 7 heteroatoms. The number of halogens is 5. The summed E-state index contributed by atoms with van der Waals surface area (Å²) in [6.45, 7) is 0. The van der Waals surface area contributed by atoms with Gasteiger partial charge in [-0.05, 0) is 24.3 Å². The number of para-hydroxylation sites is 2. The summed E-state index contributed by atoms with van der Waals surface area (Å²) in [7, 11) is 0. The van der Waals surface area contributed by atoms with Gasteiger partial charge >= 0.3 is 6.18 Å². The molecule has 0 aliphatic heterocycles. The van der Waals surface area contributed by atoms with Crippen molar-refractivity contribution in [2.75, 3.05) is 0 Å². The van der Waals surface area contributed by atoms with Crippen LogP contribution in [0.15, 0.2) is 36.4 Å². The predicted molar refractivity (Wildman–Crippen MR) is 66.4 cm³/mol. The van der Waals surface area contributed by atoms with Gasteiger partial charge in [0.25, 0.3) is 0 Å². The molecule has 3 aromatic rings. The van der Waals surface area contributed by atoms with Crippen LogP contribution in [0.4, 0.5) is 22.0 Å². The fourth-order valence-electron chi connectivity index (χ4n) is 2.07. The van der Waals surface area contributed by atoms with Gasteiger partial charge in [-0.25, -0.2) is 13.8 Å². The summed E-state index contributed by atoms with van der Waals surface area (Å²) >= 11 is 0. The zero-order valence-electron chi connectivity index (χ0n) is 10.3. The van der Waals surface area contributed by atoms with Crippen LogP contribution in [0.2, 0.25) is 0 Å². The molecule has 0 fully saturated rings. The van der Waals surface area contributed by atoms with Crippen LogP contribution in [-0.4, -0.2) is 9.97 Å². The molecule has 0 spiro atoms. The quantitative estimate of drug-likeness (QED) is 0.657. The Hall–Kier alpha value is -2.44. The molecule has 108 valence electrons. The Kier molecular flexibility index (Phi) is 2.93. The Labute approximate surface area is 115 Å². The maximum atomic E-state index is 13.5. The molecule has 0 aliphatic rings. The molecule has 0 radical (unpaired) electrons. The van der Waals surface area contributed by atoms with Crippen molar-refractivity contribution in [1.29, 1.82) is 0 Å². The fraction of sp³-hybridized carbons (Fsp3) is 0.0714. The molecular weight excluding hydrogens is 291 g/mol. The smallest absolute Gasteiger partial charge is 0.338 e. The Bertz CT molecular complexity index is 764. The Morgan fingerprint density at radius 2 is 1.57 bits per heavy atom. The van der Waals surface area contributed by atoms with Crippen molar-refractivity contribution in [1.82, 2.24) is 9.97 Å². The van der Waals surface area contributed by atoms with Gasteiger partial charge in [-0.2, -0.15) is 13.2 Å². The van der Waals surface area contributed by atoms with Gasteiger partial charge < -0.3 is 4.98 Å². The van der Waals surface area contributed by atoms with Crippen LogP contribution in [0.3, 0.4) is 0 Å². The summed E-state index contributed by atoms with van der Waals surface area (Å²) in [6.07, 6.45) is -5.08. The first-order valence-electron chi connectivity index (χ1n) is 5.87. The number of fused-ring (bicyclic) bond motifs is 1. The minimum atomic E-state index is -5.08. The molecule has 0 bridgehead atoms.